The predicted octanol–water partition coefficient (Wildman–Crippen LogP) is 3.02. The van der Waals surface area contributed by atoms with E-state index in [1.807, 2.05) is 31.2 Å². The fourth-order valence-corrected chi connectivity index (χ4v) is 2.66. The quantitative estimate of drug-likeness (QED) is 0.692. The maximum Gasteiger partial charge on any atom is 0.342 e. The standard InChI is InChI=1S/C16H15N3O3/c1-10-17-18-15(19(10)11-6-7-11)9-22-16(20)13-8-21-14-5-3-2-4-12(13)14/h2-5,8,11H,6-7,9H2,1H3. The first kappa shape index (κ1) is 13.1. The average molecular weight is 297 g/mol. The predicted molar refractivity (Wildman–Crippen MR) is 78.4 cm³/mol. The molecule has 0 radical (unpaired) electrons. The highest BCUT2D eigenvalue weighted by Crippen LogP contribution is 2.36. The van der Waals surface area contributed by atoms with Gasteiger partial charge in [0.2, 0.25) is 0 Å². The van der Waals surface area contributed by atoms with Gasteiger partial charge < -0.3 is 13.7 Å². The summed E-state index contributed by atoms with van der Waals surface area (Å²) in [5.41, 5.74) is 1.11. The zero-order valence-electron chi connectivity index (χ0n) is 12.2. The van der Waals surface area contributed by atoms with Crippen molar-refractivity contribution >= 4 is 16.9 Å². The van der Waals surface area contributed by atoms with Gasteiger partial charge in [0.05, 0.1) is 0 Å². The van der Waals surface area contributed by atoms with Gasteiger partial charge in [-0.25, -0.2) is 4.79 Å². The third kappa shape index (κ3) is 2.16. The molecule has 112 valence electrons. The molecule has 2 heterocycles. The largest absolute Gasteiger partial charge is 0.463 e. The molecular weight excluding hydrogens is 282 g/mol. The van der Waals surface area contributed by atoms with Crippen LogP contribution in [0.25, 0.3) is 11.0 Å². The Kier molecular flexibility index (Phi) is 2.96. The summed E-state index contributed by atoms with van der Waals surface area (Å²) >= 11 is 0. The monoisotopic (exact) mass is 297 g/mol. The lowest BCUT2D eigenvalue weighted by atomic mass is 10.2. The molecule has 0 bridgehead atoms. The van der Waals surface area contributed by atoms with E-state index in [2.05, 4.69) is 14.8 Å². The minimum Gasteiger partial charge on any atom is -0.463 e. The first-order chi connectivity index (χ1) is 10.7. The normalized spacial score (nSPS) is 14.4. The number of aromatic nitrogens is 3. The summed E-state index contributed by atoms with van der Waals surface area (Å²) in [7, 11) is 0. The van der Waals surface area contributed by atoms with E-state index in [1.54, 1.807) is 0 Å². The molecular formula is C16H15N3O3. The molecule has 22 heavy (non-hydrogen) atoms. The van der Waals surface area contributed by atoms with Crippen molar-refractivity contribution in [3.63, 3.8) is 0 Å². The van der Waals surface area contributed by atoms with Crippen LogP contribution in [0.5, 0.6) is 0 Å². The van der Waals surface area contributed by atoms with Crippen molar-refractivity contribution in [3.8, 4) is 0 Å². The molecule has 0 atom stereocenters. The number of furan rings is 1. The number of benzene rings is 1. The van der Waals surface area contributed by atoms with Gasteiger partial charge >= 0.3 is 5.97 Å². The molecule has 1 aliphatic carbocycles. The Morgan fingerprint density at radius 1 is 1.36 bits per heavy atom. The fourth-order valence-electron chi connectivity index (χ4n) is 2.66. The molecule has 0 spiro atoms. The maximum atomic E-state index is 12.3. The SMILES string of the molecule is Cc1nnc(COC(=O)c2coc3ccccc23)n1C1CC1. The van der Waals surface area contributed by atoms with Crippen LogP contribution < -0.4 is 0 Å². The number of hydrogen-bond donors (Lipinski definition) is 0. The van der Waals surface area contributed by atoms with Crippen molar-refractivity contribution in [1.29, 1.82) is 0 Å². The van der Waals surface area contributed by atoms with E-state index in [0.29, 0.717) is 23.0 Å². The van der Waals surface area contributed by atoms with Crippen LogP contribution in [0.3, 0.4) is 0 Å². The molecule has 0 N–H and O–H groups in total. The molecule has 0 saturated heterocycles. The van der Waals surface area contributed by atoms with E-state index >= 15 is 0 Å². The van der Waals surface area contributed by atoms with Crippen LogP contribution in [0.4, 0.5) is 0 Å². The molecule has 4 rings (SSSR count). The zero-order valence-corrected chi connectivity index (χ0v) is 12.2. The highest BCUT2D eigenvalue weighted by atomic mass is 16.5. The van der Waals surface area contributed by atoms with E-state index in [1.165, 1.54) is 6.26 Å². The third-order valence-corrected chi connectivity index (χ3v) is 3.88. The van der Waals surface area contributed by atoms with Crippen LogP contribution in [0.2, 0.25) is 0 Å². The number of carbonyl (C=O) groups excluding carboxylic acids is 1. The summed E-state index contributed by atoms with van der Waals surface area (Å²) in [5.74, 6) is 1.15. The summed E-state index contributed by atoms with van der Waals surface area (Å²) in [5, 5.41) is 8.93. The summed E-state index contributed by atoms with van der Waals surface area (Å²) in [6.45, 7) is 2.04. The second-order valence-corrected chi connectivity index (χ2v) is 5.49. The topological polar surface area (TPSA) is 70.2 Å². The first-order valence-corrected chi connectivity index (χ1v) is 7.28. The molecule has 1 aromatic carbocycles. The number of para-hydroxylation sites is 1. The number of nitrogens with zero attached hydrogens (tertiary/aromatic N) is 3. The summed E-state index contributed by atoms with van der Waals surface area (Å²) in [6.07, 6.45) is 3.70. The maximum absolute atomic E-state index is 12.3. The Bertz CT molecular complexity index is 845. The van der Waals surface area contributed by atoms with Gasteiger partial charge in [0, 0.05) is 11.4 Å². The molecule has 1 aliphatic rings. The first-order valence-electron chi connectivity index (χ1n) is 7.28. The molecule has 2 aromatic heterocycles. The van der Waals surface area contributed by atoms with E-state index < -0.39 is 5.97 Å². The molecule has 0 aliphatic heterocycles. The van der Waals surface area contributed by atoms with Gasteiger partial charge in [0.15, 0.2) is 12.4 Å². The number of hydrogen-bond acceptors (Lipinski definition) is 5. The lowest BCUT2D eigenvalue weighted by Crippen LogP contribution is -2.10. The van der Waals surface area contributed by atoms with E-state index in [0.717, 1.165) is 24.1 Å². The average Bonchev–Trinajstić information content (AvgIpc) is 3.16. The van der Waals surface area contributed by atoms with E-state index in [-0.39, 0.29) is 6.61 Å². The van der Waals surface area contributed by atoms with Crippen LogP contribution in [-0.2, 0) is 11.3 Å². The summed E-state index contributed by atoms with van der Waals surface area (Å²) in [6, 6.07) is 7.84. The van der Waals surface area contributed by atoms with Gasteiger partial charge in [-0.05, 0) is 25.8 Å². The number of carbonyl (C=O) groups is 1. The van der Waals surface area contributed by atoms with E-state index in [9.17, 15) is 4.79 Å². The number of fused-ring (bicyclic) bond motifs is 1. The number of ether oxygens (including phenoxy) is 1. The second-order valence-electron chi connectivity index (χ2n) is 5.49. The van der Waals surface area contributed by atoms with Gasteiger partial charge in [-0.2, -0.15) is 0 Å². The molecule has 6 heteroatoms. The molecule has 6 nitrogen and oxygen atoms in total. The minimum atomic E-state index is -0.409. The molecule has 0 unspecified atom stereocenters. The lowest BCUT2D eigenvalue weighted by Gasteiger charge is -2.07. The minimum absolute atomic E-state index is 0.121. The van der Waals surface area contributed by atoms with E-state index in [4.69, 9.17) is 9.15 Å². The molecule has 3 aromatic rings. The fraction of sp³-hybridized carbons (Fsp3) is 0.312. The van der Waals surface area contributed by atoms with Gasteiger partial charge in [-0.15, -0.1) is 10.2 Å². The van der Waals surface area contributed by atoms with Crippen LogP contribution in [0.15, 0.2) is 34.9 Å². The summed E-state index contributed by atoms with van der Waals surface area (Å²) < 4.78 is 12.8. The molecule has 0 amide bonds. The van der Waals surface area contributed by atoms with Gasteiger partial charge in [-0.3, -0.25) is 0 Å². The Morgan fingerprint density at radius 3 is 3.00 bits per heavy atom. The van der Waals surface area contributed by atoms with Gasteiger partial charge in [0.25, 0.3) is 0 Å². The zero-order chi connectivity index (χ0) is 15.1. The van der Waals surface area contributed by atoms with Crippen molar-refractivity contribution in [2.24, 2.45) is 0 Å². The highest BCUT2D eigenvalue weighted by molar-refractivity contribution is 6.03. The van der Waals surface area contributed by atoms with Crippen molar-refractivity contribution in [1.82, 2.24) is 14.8 Å². The lowest BCUT2D eigenvalue weighted by molar-refractivity contribution is 0.0458. The van der Waals surface area contributed by atoms with Crippen LogP contribution in [0, 0.1) is 6.92 Å². The van der Waals surface area contributed by atoms with Crippen molar-refractivity contribution in [2.45, 2.75) is 32.4 Å². The molecule has 1 fully saturated rings. The Morgan fingerprint density at radius 2 is 2.18 bits per heavy atom. The van der Waals surface area contributed by atoms with Crippen LogP contribution in [0.1, 0.15) is 40.9 Å². The Hall–Kier alpha value is -2.63. The van der Waals surface area contributed by atoms with Gasteiger partial charge in [0.1, 0.15) is 23.2 Å². The second kappa shape index (κ2) is 4.98. The van der Waals surface area contributed by atoms with Gasteiger partial charge in [-0.1, -0.05) is 18.2 Å². The van der Waals surface area contributed by atoms with Crippen molar-refractivity contribution < 1.29 is 13.9 Å². The third-order valence-electron chi connectivity index (χ3n) is 3.88. The Balaban J connectivity index is 1.53. The van der Waals surface area contributed by atoms with Crippen LogP contribution >= 0.6 is 0 Å². The van der Waals surface area contributed by atoms with Crippen molar-refractivity contribution in [3.05, 3.63) is 47.7 Å². The highest BCUT2D eigenvalue weighted by Gasteiger charge is 2.28. The van der Waals surface area contributed by atoms with Crippen LogP contribution in [-0.4, -0.2) is 20.7 Å². The summed E-state index contributed by atoms with van der Waals surface area (Å²) in [4.78, 5) is 12.3. The van der Waals surface area contributed by atoms with Crippen molar-refractivity contribution in [2.75, 3.05) is 0 Å². The number of rotatable bonds is 4. The Labute approximate surface area is 126 Å². The number of esters is 1. The molecule has 1 saturated carbocycles. The number of aryl methyl sites for hydroxylation is 1. The smallest absolute Gasteiger partial charge is 0.342 e.